The normalized spacial score (nSPS) is 11.4. The molecular formula is C28H28N2OS5. The highest BCUT2D eigenvalue weighted by molar-refractivity contribution is 8.13. The summed E-state index contributed by atoms with van der Waals surface area (Å²) in [5.74, 6) is 2.98. The van der Waals surface area contributed by atoms with Crippen LogP contribution in [-0.4, -0.2) is 16.6 Å². The zero-order valence-corrected chi connectivity index (χ0v) is 24.4. The molecule has 0 unspecified atom stereocenters. The van der Waals surface area contributed by atoms with Crippen molar-refractivity contribution in [2.24, 2.45) is 10.2 Å². The molecule has 2 aromatic heterocycles. The number of hydrogen-bond donors (Lipinski definition) is 0. The minimum absolute atomic E-state index is 0.216. The first kappa shape index (κ1) is 27.2. The topological polar surface area (TPSA) is 41.8 Å². The van der Waals surface area contributed by atoms with Gasteiger partial charge in [0, 0.05) is 28.2 Å². The van der Waals surface area contributed by atoms with E-state index in [1.54, 1.807) is 6.92 Å². The van der Waals surface area contributed by atoms with Gasteiger partial charge in [0.05, 0.1) is 19.8 Å². The quantitative estimate of drug-likeness (QED) is 0.0968. The molecule has 0 bridgehead atoms. The zero-order chi connectivity index (χ0) is 25.2. The fourth-order valence-electron chi connectivity index (χ4n) is 3.19. The molecule has 0 aliphatic carbocycles. The highest BCUT2D eigenvalue weighted by atomic mass is 32.2. The molecule has 0 saturated heterocycles. The summed E-state index contributed by atoms with van der Waals surface area (Å²) in [6.07, 6.45) is 2.25. The second-order valence-corrected chi connectivity index (χ2v) is 14.2. The number of hydrogen-bond acceptors (Lipinski definition) is 8. The van der Waals surface area contributed by atoms with E-state index in [0.717, 1.165) is 41.5 Å². The third-order valence-corrected chi connectivity index (χ3v) is 11.0. The number of thioether (sulfide) groups is 3. The summed E-state index contributed by atoms with van der Waals surface area (Å²) in [6, 6.07) is 25.3. The Morgan fingerprint density at radius 3 is 1.89 bits per heavy atom. The Hall–Kier alpha value is -1.84. The van der Waals surface area contributed by atoms with Gasteiger partial charge in [0.15, 0.2) is 5.12 Å². The number of benzene rings is 2. The van der Waals surface area contributed by atoms with Gasteiger partial charge in [-0.2, -0.15) is 10.2 Å². The molecule has 4 aromatic rings. The van der Waals surface area contributed by atoms with E-state index in [2.05, 4.69) is 53.6 Å². The average molecular weight is 569 g/mol. The maximum atomic E-state index is 11.0. The molecule has 0 radical (unpaired) electrons. The van der Waals surface area contributed by atoms with Crippen molar-refractivity contribution < 1.29 is 4.79 Å². The Kier molecular flexibility index (Phi) is 10.7. The highest BCUT2D eigenvalue weighted by Gasteiger charge is 2.08. The van der Waals surface area contributed by atoms with Crippen LogP contribution >= 0.6 is 58.0 Å². The lowest BCUT2D eigenvalue weighted by molar-refractivity contribution is -0.109. The first-order chi connectivity index (χ1) is 17.5. The van der Waals surface area contributed by atoms with Gasteiger partial charge in [-0.05, 0) is 79.6 Å². The van der Waals surface area contributed by atoms with Crippen LogP contribution in [0.15, 0.2) is 91.4 Å². The minimum Gasteiger partial charge on any atom is -0.288 e. The molecule has 0 saturated carbocycles. The Morgan fingerprint density at radius 1 is 0.722 bits per heavy atom. The van der Waals surface area contributed by atoms with Gasteiger partial charge in [-0.3, -0.25) is 4.79 Å². The number of unbranched alkanes of at least 4 members (excludes halogenated alkanes) is 1. The largest absolute Gasteiger partial charge is 0.288 e. The second-order valence-electron chi connectivity index (χ2n) is 8.12. The Bertz CT molecular complexity index is 1280. The fraction of sp³-hybridized carbons (Fsp3) is 0.250. The molecule has 0 amide bonds. The van der Waals surface area contributed by atoms with Crippen molar-refractivity contribution in [3.05, 3.63) is 83.9 Å². The number of thiophene rings is 2. The van der Waals surface area contributed by atoms with E-state index in [9.17, 15) is 4.79 Å². The smallest absolute Gasteiger partial charge is 0.185 e. The van der Waals surface area contributed by atoms with Crippen LogP contribution in [0.4, 0.5) is 11.4 Å². The number of carbonyl (C=O) groups is 1. The van der Waals surface area contributed by atoms with Gasteiger partial charge in [-0.1, -0.05) is 41.6 Å². The number of nitrogens with zero attached hydrogens (tertiary/aromatic N) is 2. The van der Waals surface area contributed by atoms with Gasteiger partial charge < -0.3 is 0 Å². The van der Waals surface area contributed by atoms with Crippen LogP contribution in [0.1, 0.15) is 30.9 Å². The Morgan fingerprint density at radius 2 is 1.28 bits per heavy atom. The lowest BCUT2D eigenvalue weighted by atomic mass is 10.2. The van der Waals surface area contributed by atoms with Crippen LogP contribution < -0.4 is 0 Å². The molecule has 186 valence electrons. The van der Waals surface area contributed by atoms with E-state index in [1.165, 1.54) is 41.1 Å². The van der Waals surface area contributed by atoms with Crippen LogP contribution in [-0.2, 0) is 10.5 Å². The monoisotopic (exact) mass is 568 g/mol. The molecule has 0 atom stereocenters. The standard InChI is InChI=1S/C28H28N2OS5/c1-20-5-9-23(10-6-20)29-30-24-11-7-22(8-12-24)19-34-28-16-14-26(36-28)25-13-15-27(35-25)33-18-4-3-17-32-21(2)31/h5-16H,3-4,17-19H2,1-2H3. The summed E-state index contributed by atoms with van der Waals surface area (Å²) in [6.45, 7) is 3.70. The molecule has 0 aliphatic heterocycles. The molecule has 3 nitrogen and oxygen atoms in total. The van der Waals surface area contributed by atoms with Crippen molar-refractivity contribution in [3.8, 4) is 9.75 Å². The van der Waals surface area contributed by atoms with Crippen LogP contribution in [0.3, 0.4) is 0 Å². The number of aryl methyl sites for hydroxylation is 1. The van der Waals surface area contributed by atoms with Crippen LogP contribution in [0.5, 0.6) is 0 Å². The van der Waals surface area contributed by atoms with Crippen LogP contribution in [0, 0.1) is 6.92 Å². The molecule has 0 fully saturated rings. The molecular weight excluding hydrogens is 541 g/mol. The Balaban J connectivity index is 1.22. The van der Waals surface area contributed by atoms with Crippen molar-refractivity contribution in [3.63, 3.8) is 0 Å². The summed E-state index contributed by atoms with van der Waals surface area (Å²) in [5, 5.41) is 8.88. The molecule has 36 heavy (non-hydrogen) atoms. The molecule has 0 aliphatic rings. The van der Waals surface area contributed by atoms with Crippen molar-refractivity contribution >= 4 is 74.4 Å². The molecule has 0 spiro atoms. The van der Waals surface area contributed by atoms with Gasteiger partial charge in [0.2, 0.25) is 0 Å². The van der Waals surface area contributed by atoms with Gasteiger partial charge in [-0.15, -0.1) is 46.2 Å². The van der Waals surface area contributed by atoms with E-state index >= 15 is 0 Å². The number of azo groups is 1. The summed E-state index contributed by atoms with van der Waals surface area (Å²) in [5.41, 5.74) is 4.23. The van der Waals surface area contributed by atoms with E-state index in [-0.39, 0.29) is 5.12 Å². The molecule has 4 rings (SSSR count). The van der Waals surface area contributed by atoms with Gasteiger partial charge in [0.1, 0.15) is 0 Å². The maximum absolute atomic E-state index is 11.0. The van der Waals surface area contributed by atoms with Crippen molar-refractivity contribution in [2.75, 3.05) is 11.5 Å². The minimum atomic E-state index is 0.216. The summed E-state index contributed by atoms with van der Waals surface area (Å²) in [7, 11) is 0. The maximum Gasteiger partial charge on any atom is 0.185 e. The van der Waals surface area contributed by atoms with E-state index in [0.29, 0.717) is 0 Å². The summed E-state index contributed by atoms with van der Waals surface area (Å²) >= 11 is 8.96. The summed E-state index contributed by atoms with van der Waals surface area (Å²) < 4.78 is 2.70. The zero-order valence-electron chi connectivity index (χ0n) is 20.3. The molecule has 8 heteroatoms. The van der Waals surface area contributed by atoms with Crippen LogP contribution in [0.2, 0.25) is 0 Å². The first-order valence-corrected chi connectivity index (χ1v) is 16.3. The van der Waals surface area contributed by atoms with E-state index in [4.69, 9.17) is 0 Å². The average Bonchev–Trinajstić information content (AvgIpc) is 3.55. The Labute approximate surface area is 234 Å². The second kappa shape index (κ2) is 14.2. The molecule has 0 N–H and O–H groups in total. The van der Waals surface area contributed by atoms with E-state index in [1.807, 2.05) is 82.6 Å². The number of carbonyl (C=O) groups excluding carboxylic acids is 1. The van der Waals surface area contributed by atoms with Gasteiger partial charge in [-0.25, -0.2) is 0 Å². The van der Waals surface area contributed by atoms with Crippen molar-refractivity contribution in [2.45, 2.75) is 40.9 Å². The van der Waals surface area contributed by atoms with Crippen molar-refractivity contribution in [1.29, 1.82) is 0 Å². The SMILES string of the molecule is CC(=O)SCCCCSc1ccc(-c2ccc(SCc3ccc(N=Nc4ccc(C)cc4)cc3)s2)s1. The predicted molar refractivity (Wildman–Crippen MR) is 162 cm³/mol. The lowest BCUT2D eigenvalue weighted by Crippen LogP contribution is -1.87. The van der Waals surface area contributed by atoms with Gasteiger partial charge in [0.25, 0.3) is 0 Å². The first-order valence-electron chi connectivity index (χ1n) is 11.7. The predicted octanol–water partition coefficient (Wildman–Crippen LogP) is 10.6. The summed E-state index contributed by atoms with van der Waals surface area (Å²) in [4.78, 5) is 13.7. The fourth-order valence-corrected chi connectivity index (χ4v) is 8.21. The third kappa shape index (κ3) is 8.92. The van der Waals surface area contributed by atoms with Crippen LogP contribution in [0.25, 0.3) is 9.75 Å². The lowest BCUT2D eigenvalue weighted by Gasteiger charge is -2.00. The van der Waals surface area contributed by atoms with E-state index < -0.39 is 0 Å². The highest BCUT2D eigenvalue weighted by Crippen LogP contribution is 2.40. The van der Waals surface area contributed by atoms with Crippen molar-refractivity contribution in [1.82, 2.24) is 0 Å². The molecule has 2 heterocycles. The third-order valence-electron chi connectivity index (χ3n) is 5.13. The molecule has 2 aromatic carbocycles. The van der Waals surface area contributed by atoms with Gasteiger partial charge >= 0.3 is 0 Å². The number of rotatable bonds is 12.